The first-order chi connectivity index (χ1) is 17.2. The number of anilines is 2. The summed E-state index contributed by atoms with van der Waals surface area (Å²) >= 11 is 0. The highest BCUT2D eigenvalue weighted by Crippen LogP contribution is 2.36. The van der Waals surface area contributed by atoms with Gasteiger partial charge < -0.3 is 24.2 Å². The Bertz CT molecular complexity index is 1240. The number of tetrazole rings is 1. The third-order valence-electron chi connectivity index (χ3n) is 6.64. The molecule has 6 rings (SSSR count). The second kappa shape index (κ2) is 8.90. The summed E-state index contributed by atoms with van der Waals surface area (Å²) in [6.45, 7) is 3.69. The molecule has 2 amide bonds. The van der Waals surface area contributed by atoms with Crippen molar-refractivity contribution in [2.24, 2.45) is 5.92 Å². The number of ether oxygens (including phenoxy) is 2. The largest absolute Gasteiger partial charge is 0.486 e. The summed E-state index contributed by atoms with van der Waals surface area (Å²) in [4.78, 5) is 31.6. The Labute approximate surface area is 201 Å². The standard InChI is InChI=1S/C24H25N7O4/c32-22-14-17(16-30(22)19-6-7-20-21(15-19)35-13-12-34-20)23(33)28-8-10-29(11-9-28)24-25-26-27-31(24)18-4-2-1-3-5-18/h1-7,15,17H,8-14,16H2. The molecule has 0 spiro atoms. The summed E-state index contributed by atoms with van der Waals surface area (Å²) in [5.74, 6) is 1.56. The number of piperazine rings is 1. The van der Waals surface area contributed by atoms with Gasteiger partial charge in [0.2, 0.25) is 17.8 Å². The second-order valence-electron chi connectivity index (χ2n) is 8.77. The molecule has 0 N–H and O–H groups in total. The van der Waals surface area contributed by atoms with Gasteiger partial charge in [-0.2, -0.15) is 4.68 Å². The molecular weight excluding hydrogens is 450 g/mol. The fraction of sp³-hybridized carbons (Fsp3) is 0.375. The molecule has 1 aromatic heterocycles. The number of para-hydroxylation sites is 1. The molecule has 1 unspecified atom stereocenters. The SMILES string of the molecule is O=C(C1CC(=O)N(c2ccc3c(c2)OCCO3)C1)N1CCN(c2nnnn2-c2ccccc2)CC1. The van der Waals surface area contributed by atoms with Gasteiger partial charge in [-0.1, -0.05) is 23.3 Å². The van der Waals surface area contributed by atoms with Gasteiger partial charge >= 0.3 is 0 Å². The third kappa shape index (κ3) is 4.02. The number of hydrogen-bond donors (Lipinski definition) is 0. The zero-order valence-corrected chi connectivity index (χ0v) is 19.1. The van der Waals surface area contributed by atoms with E-state index in [4.69, 9.17) is 9.47 Å². The zero-order valence-electron chi connectivity index (χ0n) is 19.1. The molecule has 35 heavy (non-hydrogen) atoms. The van der Waals surface area contributed by atoms with Crippen molar-refractivity contribution in [2.75, 3.05) is 55.7 Å². The van der Waals surface area contributed by atoms with Gasteiger partial charge in [0, 0.05) is 50.9 Å². The van der Waals surface area contributed by atoms with Crippen molar-refractivity contribution < 1.29 is 19.1 Å². The Kier molecular flexibility index (Phi) is 5.44. The minimum atomic E-state index is -0.364. The first-order valence-corrected chi connectivity index (χ1v) is 11.7. The summed E-state index contributed by atoms with van der Waals surface area (Å²) in [6, 6.07) is 15.2. The van der Waals surface area contributed by atoms with Gasteiger partial charge in [0.05, 0.1) is 11.6 Å². The number of carbonyl (C=O) groups is 2. The number of carbonyl (C=O) groups excluding carboxylic acids is 2. The van der Waals surface area contributed by atoms with Gasteiger partial charge in [-0.25, -0.2) is 0 Å². The van der Waals surface area contributed by atoms with Crippen LogP contribution < -0.4 is 19.3 Å². The Balaban J connectivity index is 1.10. The van der Waals surface area contributed by atoms with Crippen LogP contribution in [0.4, 0.5) is 11.6 Å². The molecule has 3 aliphatic heterocycles. The molecular formula is C24H25N7O4. The normalized spacial score (nSPS) is 19.8. The van der Waals surface area contributed by atoms with Gasteiger partial charge in [0.1, 0.15) is 13.2 Å². The molecule has 2 saturated heterocycles. The first-order valence-electron chi connectivity index (χ1n) is 11.7. The van der Waals surface area contributed by atoms with Crippen LogP contribution in [0, 0.1) is 5.92 Å². The highest BCUT2D eigenvalue weighted by molar-refractivity contribution is 6.00. The highest BCUT2D eigenvalue weighted by Gasteiger charge is 2.38. The van der Waals surface area contributed by atoms with Crippen LogP contribution in [0.5, 0.6) is 11.5 Å². The molecule has 0 aliphatic carbocycles. The second-order valence-corrected chi connectivity index (χ2v) is 8.77. The lowest BCUT2D eigenvalue weighted by atomic mass is 10.1. The highest BCUT2D eigenvalue weighted by atomic mass is 16.6. The maximum atomic E-state index is 13.3. The van der Waals surface area contributed by atoms with E-state index >= 15 is 0 Å². The molecule has 3 aromatic rings. The van der Waals surface area contributed by atoms with E-state index in [0.29, 0.717) is 63.4 Å². The summed E-state index contributed by atoms with van der Waals surface area (Å²) in [7, 11) is 0. The molecule has 0 radical (unpaired) electrons. The van der Waals surface area contributed by atoms with Crippen LogP contribution in [-0.2, 0) is 9.59 Å². The van der Waals surface area contributed by atoms with Gasteiger partial charge in [0.25, 0.3) is 0 Å². The predicted molar refractivity (Wildman–Crippen MR) is 126 cm³/mol. The van der Waals surface area contributed by atoms with Crippen LogP contribution in [0.15, 0.2) is 48.5 Å². The number of hydrogen-bond acceptors (Lipinski definition) is 8. The lowest BCUT2D eigenvalue weighted by Gasteiger charge is -2.35. The van der Waals surface area contributed by atoms with Gasteiger partial charge in [-0.3, -0.25) is 9.59 Å². The monoisotopic (exact) mass is 475 g/mol. The van der Waals surface area contributed by atoms with E-state index in [-0.39, 0.29) is 24.2 Å². The van der Waals surface area contributed by atoms with E-state index in [2.05, 4.69) is 20.4 Å². The first kappa shape index (κ1) is 21.4. The molecule has 4 heterocycles. The maximum Gasteiger partial charge on any atom is 0.250 e. The molecule has 1 atom stereocenters. The van der Waals surface area contributed by atoms with Gasteiger partial charge in [-0.15, -0.1) is 0 Å². The fourth-order valence-electron chi connectivity index (χ4n) is 4.82. The average Bonchev–Trinajstić information content (AvgIpc) is 3.56. The average molecular weight is 476 g/mol. The van der Waals surface area contributed by atoms with E-state index in [1.165, 1.54) is 0 Å². The molecule has 3 aliphatic rings. The summed E-state index contributed by atoms with van der Waals surface area (Å²) in [6.07, 6.45) is 0.208. The predicted octanol–water partition coefficient (Wildman–Crippen LogP) is 1.14. The minimum absolute atomic E-state index is 0.0145. The van der Waals surface area contributed by atoms with Crippen molar-refractivity contribution in [1.29, 1.82) is 0 Å². The lowest BCUT2D eigenvalue weighted by Crippen LogP contribution is -2.51. The molecule has 11 heteroatoms. The number of benzene rings is 2. The van der Waals surface area contributed by atoms with Crippen molar-refractivity contribution in [3.63, 3.8) is 0 Å². The lowest BCUT2D eigenvalue weighted by molar-refractivity contribution is -0.136. The van der Waals surface area contributed by atoms with Gasteiger partial charge in [0.15, 0.2) is 11.5 Å². The van der Waals surface area contributed by atoms with Crippen molar-refractivity contribution in [1.82, 2.24) is 25.1 Å². The van der Waals surface area contributed by atoms with E-state index < -0.39 is 0 Å². The molecule has 11 nitrogen and oxygen atoms in total. The van der Waals surface area contributed by atoms with Crippen molar-refractivity contribution >= 4 is 23.5 Å². The zero-order chi connectivity index (χ0) is 23.8. The van der Waals surface area contributed by atoms with Crippen molar-refractivity contribution in [3.8, 4) is 17.2 Å². The maximum absolute atomic E-state index is 13.3. The van der Waals surface area contributed by atoms with Crippen LogP contribution in [0.3, 0.4) is 0 Å². The van der Waals surface area contributed by atoms with Crippen LogP contribution in [0.25, 0.3) is 5.69 Å². The van der Waals surface area contributed by atoms with Gasteiger partial charge in [-0.05, 0) is 34.7 Å². The van der Waals surface area contributed by atoms with E-state index in [9.17, 15) is 9.59 Å². The van der Waals surface area contributed by atoms with E-state index in [1.807, 2.05) is 53.4 Å². The smallest absolute Gasteiger partial charge is 0.250 e. The van der Waals surface area contributed by atoms with Crippen LogP contribution >= 0.6 is 0 Å². The van der Waals surface area contributed by atoms with Crippen LogP contribution in [0.2, 0.25) is 0 Å². The van der Waals surface area contributed by atoms with Crippen LogP contribution in [-0.4, -0.2) is 82.9 Å². The Morgan fingerprint density at radius 2 is 1.69 bits per heavy atom. The third-order valence-corrected chi connectivity index (χ3v) is 6.64. The number of nitrogens with zero attached hydrogens (tertiary/aromatic N) is 7. The number of fused-ring (bicyclic) bond motifs is 1. The van der Waals surface area contributed by atoms with Crippen molar-refractivity contribution in [2.45, 2.75) is 6.42 Å². The van der Waals surface area contributed by atoms with Crippen molar-refractivity contribution in [3.05, 3.63) is 48.5 Å². The quantitative estimate of drug-likeness (QED) is 0.553. The summed E-state index contributed by atoms with van der Waals surface area (Å²) in [5, 5.41) is 12.2. The molecule has 0 saturated carbocycles. The molecule has 0 bridgehead atoms. The number of aromatic nitrogens is 4. The fourth-order valence-corrected chi connectivity index (χ4v) is 4.82. The van der Waals surface area contributed by atoms with E-state index in [0.717, 1.165) is 11.4 Å². The minimum Gasteiger partial charge on any atom is -0.486 e. The topological polar surface area (TPSA) is 106 Å². The van der Waals surface area contributed by atoms with Crippen LogP contribution in [0.1, 0.15) is 6.42 Å². The van der Waals surface area contributed by atoms with E-state index in [1.54, 1.807) is 9.58 Å². The molecule has 2 aromatic carbocycles. The molecule has 2 fully saturated rings. The number of rotatable bonds is 4. The Hall–Kier alpha value is -4.15. The Morgan fingerprint density at radius 1 is 0.914 bits per heavy atom. The summed E-state index contributed by atoms with van der Waals surface area (Å²) < 4.78 is 12.9. The Morgan fingerprint density at radius 3 is 2.49 bits per heavy atom. The number of amides is 2. The summed E-state index contributed by atoms with van der Waals surface area (Å²) in [5.41, 5.74) is 1.61. The molecule has 180 valence electrons.